The summed E-state index contributed by atoms with van der Waals surface area (Å²) in [7, 11) is 1.13. The highest BCUT2D eigenvalue weighted by molar-refractivity contribution is 7.13. The summed E-state index contributed by atoms with van der Waals surface area (Å²) in [5.41, 5.74) is 1.33. The number of hydrogen-bond donors (Lipinski definition) is 0. The summed E-state index contributed by atoms with van der Waals surface area (Å²) in [6.07, 6.45) is -4.56. The van der Waals surface area contributed by atoms with Gasteiger partial charge in [0.2, 0.25) is 5.91 Å². The second-order valence-electron chi connectivity index (χ2n) is 5.14. The molecule has 1 heterocycles. The van der Waals surface area contributed by atoms with Crippen LogP contribution in [-0.4, -0.2) is 42.2 Å². The molecule has 0 aliphatic rings. The first-order chi connectivity index (χ1) is 11.3. The van der Waals surface area contributed by atoms with Crippen molar-refractivity contribution in [3.63, 3.8) is 0 Å². The van der Waals surface area contributed by atoms with Crippen LogP contribution in [0.3, 0.4) is 0 Å². The molecule has 1 aromatic heterocycles. The molecule has 0 radical (unpaired) electrons. The summed E-state index contributed by atoms with van der Waals surface area (Å²) < 4.78 is 42.3. The van der Waals surface area contributed by atoms with Crippen LogP contribution in [0.4, 0.5) is 13.2 Å². The van der Waals surface area contributed by atoms with Gasteiger partial charge in [0.25, 0.3) is 0 Å². The zero-order valence-electron chi connectivity index (χ0n) is 13.3. The Hall–Kier alpha value is -2.09. The van der Waals surface area contributed by atoms with Crippen LogP contribution in [-0.2, 0) is 11.2 Å². The van der Waals surface area contributed by atoms with Gasteiger partial charge in [-0.15, -0.1) is 11.3 Å². The zero-order valence-corrected chi connectivity index (χ0v) is 14.1. The molecule has 0 aliphatic heterocycles. The lowest BCUT2D eigenvalue weighted by atomic mass is 10.2. The molecule has 2 rings (SSSR count). The van der Waals surface area contributed by atoms with Gasteiger partial charge in [-0.1, -0.05) is 0 Å². The Labute approximate surface area is 141 Å². The Morgan fingerprint density at radius 3 is 2.54 bits per heavy atom. The van der Waals surface area contributed by atoms with E-state index < -0.39 is 18.6 Å². The normalized spacial score (nSPS) is 11.4. The van der Waals surface area contributed by atoms with E-state index in [2.05, 4.69) is 4.98 Å². The average Bonchev–Trinajstić information content (AvgIpc) is 2.95. The molecule has 0 spiro atoms. The number of halogens is 3. The first-order valence-corrected chi connectivity index (χ1v) is 8.15. The highest BCUT2D eigenvalue weighted by Gasteiger charge is 2.31. The Bertz CT molecular complexity index is 683. The van der Waals surface area contributed by atoms with Gasteiger partial charge in [-0.05, 0) is 31.2 Å². The van der Waals surface area contributed by atoms with Crippen molar-refractivity contribution in [2.75, 3.05) is 20.2 Å². The lowest BCUT2D eigenvalue weighted by Gasteiger charge is -2.18. The maximum Gasteiger partial charge on any atom is 0.406 e. The largest absolute Gasteiger partial charge is 0.494 e. The van der Waals surface area contributed by atoms with Crippen LogP contribution >= 0.6 is 11.3 Å². The van der Waals surface area contributed by atoms with E-state index in [9.17, 15) is 18.0 Å². The van der Waals surface area contributed by atoms with Gasteiger partial charge in [0, 0.05) is 18.0 Å². The van der Waals surface area contributed by atoms with Crippen LogP contribution in [0.2, 0.25) is 0 Å². The Balaban J connectivity index is 2.01. The van der Waals surface area contributed by atoms with E-state index in [1.807, 2.05) is 31.2 Å². The monoisotopic (exact) mass is 358 g/mol. The molecule has 24 heavy (non-hydrogen) atoms. The number of hydrogen-bond acceptors (Lipinski definition) is 4. The van der Waals surface area contributed by atoms with Gasteiger partial charge < -0.3 is 9.64 Å². The number of benzene rings is 1. The summed E-state index contributed by atoms with van der Waals surface area (Å²) in [6, 6.07) is 7.35. The van der Waals surface area contributed by atoms with Crippen LogP contribution in [0.25, 0.3) is 10.6 Å². The maximum absolute atomic E-state index is 12.3. The molecule has 1 aromatic carbocycles. The topological polar surface area (TPSA) is 42.4 Å². The number of carbonyl (C=O) groups excluding carboxylic acids is 1. The fourth-order valence-corrected chi connectivity index (χ4v) is 2.85. The number of ether oxygens (including phenoxy) is 1. The minimum atomic E-state index is -4.40. The van der Waals surface area contributed by atoms with Gasteiger partial charge in [-0.25, -0.2) is 4.98 Å². The molecule has 0 saturated heterocycles. The third-order valence-corrected chi connectivity index (χ3v) is 4.08. The molecule has 1 amide bonds. The fourth-order valence-electron chi connectivity index (χ4n) is 2.03. The summed E-state index contributed by atoms with van der Waals surface area (Å²) in [4.78, 5) is 16.8. The van der Waals surface area contributed by atoms with Gasteiger partial charge >= 0.3 is 6.18 Å². The van der Waals surface area contributed by atoms with Gasteiger partial charge in [-0.2, -0.15) is 13.2 Å². The number of thiazole rings is 1. The second-order valence-corrected chi connectivity index (χ2v) is 6.00. The molecule has 0 N–H and O–H groups in total. The van der Waals surface area contributed by atoms with Gasteiger partial charge in [0.05, 0.1) is 18.7 Å². The highest BCUT2D eigenvalue weighted by Crippen LogP contribution is 2.26. The highest BCUT2D eigenvalue weighted by atomic mass is 32.1. The Morgan fingerprint density at radius 1 is 1.29 bits per heavy atom. The first-order valence-electron chi connectivity index (χ1n) is 7.27. The molecule has 8 heteroatoms. The third kappa shape index (κ3) is 5.23. The van der Waals surface area contributed by atoms with Gasteiger partial charge in [0.1, 0.15) is 17.3 Å². The lowest BCUT2D eigenvalue weighted by molar-refractivity contribution is -0.158. The van der Waals surface area contributed by atoms with Gasteiger partial charge in [0.15, 0.2) is 0 Å². The molecular weight excluding hydrogens is 341 g/mol. The van der Waals surface area contributed by atoms with Crippen molar-refractivity contribution in [2.24, 2.45) is 0 Å². The van der Waals surface area contributed by atoms with Crippen molar-refractivity contribution < 1.29 is 22.7 Å². The van der Waals surface area contributed by atoms with E-state index in [0.717, 1.165) is 18.4 Å². The van der Waals surface area contributed by atoms with Crippen molar-refractivity contribution in [1.82, 2.24) is 9.88 Å². The number of amides is 1. The number of likely N-dealkylation sites (N-methyl/N-ethyl adjacent to an activating group) is 1. The summed E-state index contributed by atoms with van der Waals surface area (Å²) in [6.45, 7) is 1.21. The Morgan fingerprint density at radius 2 is 1.96 bits per heavy atom. The molecule has 0 atom stereocenters. The predicted octanol–water partition coefficient (Wildman–Crippen LogP) is 3.77. The van der Waals surface area contributed by atoms with E-state index in [1.54, 1.807) is 5.38 Å². The van der Waals surface area contributed by atoms with Crippen molar-refractivity contribution >= 4 is 17.2 Å². The van der Waals surface area contributed by atoms with E-state index in [-0.39, 0.29) is 6.42 Å². The van der Waals surface area contributed by atoms with Crippen molar-refractivity contribution in [1.29, 1.82) is 0 Å². The van der Waals surface area contributed by atoms with E-state index >= 15 is 0 Å². The van der Waals surface area contributed by atoms with Crippen LogP contribution in [0.15, 0.2) is 29.6 Å². The van der Waals surface area contributed by atoms with Crippen molar-refractivity contribution in [3.8, 4) is 16.3 Å². The lowest BCUT2D eigenvalue weighted by Crippen LogP contribution is -2.36. The smallest absolute Gasteiger partial charge is 0.406 e. The molecule has 4 nitrogen and oxygen atoms in total. The molecule has 130 valence electrons. The van der Waals surface area contributed by atoms with Gasteiger partial charge in [-0.3, -0.25) is 4.79 Å². The summed E-state index contributed by atoms with van der Waals surface area (Å²) in [5, 5.41) is 2.39. The summed E-state index contributed by atoms with van der Waals surface area (Å²) >= 11 is 1.34. The number of rotatable bonds is 6. The minimum Gasteiger partial charge on any atom is -0.494 e. The summed E-state index contributed by atoms with van der Waals surface area (Å²) in [5.74, 6) is 0.137. The number of alkyl halides is 3. The molecular formula is C16H17F3N2O2S. The number of nitrogens with zero attached hydrogens (tertiary/aromatic N) is 2. The third-order valence-electron chi connectivity index (χ3n) is 3.14. The van der Waals surface area contributed by atoms with E-state index in [0.29, 0.717) is 22.2 Å². The Kier molecular flexibility index (Phi) is 5.82. The second kappa shape index (κ2) is 7.65. The van der Waals surface area contributed by atoms with Crippen LogP contribution in [0.5, 0.6) is 5.75 Å². The average molecular weight is 358 g/mol. The molecule has 0 bridgehead atoms. The van der Waals surface area contributed by atoms with Crippen LogP contribution < -0.4 is 4.74 Å². The number of carbonyl (C=O) groups is 1. The molecule has 2 aromatic rings. The molecule has 0 fully saturated rings. The molecule has 0 unspecified atom stereocenters. The standard InChI is InChI=1S/C16H17F3N2O2S/c1-3-23-13-6-4-11(5-7-13)15-20-12(9-24-15)8-14(22)21(2)10-16(17,18)19/h4-7,9H,3,8,10H2,1-2H3. The van der Waals surface area contributed by atoms with E-state index in [1.165, 1.54) is 11.3 Å². The fraction of sp³-hybridized carbons (Fsp3) is 0.375. The predicted molar refractivity (Wildman–Crippen MR) is 86.1 cm³/mol. The van der Waals surface area contributed by atoms with Crippen LogP contribution in [0, 0.1) is 0 Å². The number of aromatic nitrogens is 1. The molecule has 0 saturated carbocycles. The van der Waals surface area contributed by atoms with Crippen LogP contribution in [0.1, 0.15) is 12.6 Å². The zero-order chi connectivity index (χ0) is 17.7. The maximum atomic E-state index is 12.3. The van der Waals surface area contributed by atoms with Crippen molar-refractivity contribution in [3.05, 3.63) is 35.3 Å². The van der Waals surface area contributed by atoms with Crippen molar-refractivity contribution in [2.45, 2.75) is 19.5 Å². The minimum absolute atomic E-state index is 0.153. The SMILES string of the molecule is CCOc1ccc(-c2nc(CC(=O)N(C)CC(F)(F)F)cs2)cc1. The quantitative estimate of drug-likeness (QED) is 0.789. The van der Waals surface area contributed by atoms with E-state index in [4.69, 9.17) is 4.74 Å². The first kappa shape index (κ1) is 18.3. The molecule has 0 aliphatic carbocycles.